The Hall–Kier alpha value is -1.56. The Kier molecular flexibility index (Phi) is 5.35. The molecule has 1 aromatic carbocycles. The SMILES string of the molecule is CC(C)CCOc1ccc(S(=O)(=O)CC(=O)O)cc1. The quantitative estimate of drug-likeness (QED) is 0.828. The number of hydrogen-bond acceptors (Lipinski definition) is 4. The van der Waals surface area contributed by atoms with E-state index in [1.807, 2.05) is 0 Å². The van der Waals surface area contributed by atoms with Gasteiger partial charge < -0.3 is 9.84 Å². The van der Waals surface area contributed by atoms with Crippen molar-refractivity contribution in [3.8, 4) is 5.75 Å². The summed E-state index contributed by atoms with van der Waals surface area (Å²) in [5, 5.41) is 8.53. The third-order valence-electron chi connectivity index (χ3n) is 2.46. The van der Waals surface area contributed by atoms with Crippen LogP contribution in [-0.4, -0.2) is 31.9 Å². The highest BCUT2D eigenvalue weighted by Gasteiger charge is 2.18. The number of benzene rings is 1. The van der Waals surface area contributed by atoms with Crippen LogP contribution in [0, 0.1) is 5.92 Å². The Balaban J connectivity index is 2.68. The summed E-state index contributed by atoms with van der Waals surface area (Å²) in [6, 6.07) is 5.80. The molecule has 5 nitrogen and oxygen atoms in total. The predicted octanol–water partition coefficient (Wildman–Crippen LogP) is 1.97. The molecular formula is C13H18O5S. The van der Waals surface area contributed by atoms with Crippen LogP contribution >= 0.6 is 0 Å². The van der Waals surface area contributed by atoms with Gasteiger partial charge in [-0.15, -0.1) is 0 Å². The van der Waals surface area contributed by atoms with Crippen LogP contribution in [0.1, 0.15) is 20.3 Å². The molecule has 19 heavy (non-hydrogen) atoms. The minimum Gasteiger partial charge on any atom is -0.494 e. The second-order valence-electron chi connectivity index (χ2n) is 4.66. The molecule has 0 aliphatic rings. The second-order valence-corrected chi connectivity index (χ2v) is 6.64. The number of aliphatic carboxylic acids is 1. The van der Waals surface area contributed by atoms with Crippen LogP contribution in [0.15, 0.2) is 29.2 Å². The molecule has 1 aromatic rings. The van der Waals surface area contributed by atoms with Crippen molar-refractivity contribution < 1.29 is 23.1 Å². The number of ether oxygens (including phenoxy) is 1. The fourth-order valence-corrected chi connectivity index (χ4v) is 2.44. The average Bonchev–Trinajstić information content (AvgIpc) is 2.27. The minimum absolute atomic E-state index is 0.00823. The van der Waals surface area contributed by atoms with E-state index in [0.29, 0.717) is 18.3 Å². The van der Waals surface area contributed by atoms with Crippen molar-refractivity contribution in [2.45, 2.75) is 25.2 Å². The first-order chi connectivity index (χ1) is 8.81. The average molecular weight is 286 g/mol. The summed E-state index contributed by atoms with van der Waals surface area (Å²) in [6.07, 6.45) is 0.916. The maximum atomic E-state index is 11.6. The van der Waals surface area contributed by atoms with Crippen molar-refractivity contribution >= 4 is 15.8 Å². The molecule has 0 saturated carbocycles. The number of sulfone groups is 1. The Bertz CT molecular complexity index is 516. The molecule has 0 aliphatic carbocycles. The standard InChI is InChI=1S/C13H18O5S/c1-10(2)7-8-18-11-3-5-12(6-4-11)19(16,17)9-13(14)15/h3-6,10H,7-9H2,1-2H3,(H,14,15). The van der Waals surface area contributed by atoms with Gasteiger partial charge in [-0.2, -0.15) is 0 Å². The number of carbonyl (C=O) groups is 1. The maximum absolute atomic E-state index is 11.6. The molecule has 0 saturated heterocycles. The summed E-state index contributed by atoms with van der Waals surface area (Å²) in [5.41, 5.74) is 0. The molecule has 0 aromatic heterocycles. The fraction of sp³-hybridized carbons (Fsp3) is 0.462. The second kappa shape index (κ2) is 6.56. The summed E-state index contributed by atoms with van der Waals surface area (Å²) < 4.78 is 28.7. The molecular weight excluding hydrogens is 268 g/mol. The van der Waals surface area contributed by atoms with E-state index in [0.717, 1.165) is 6.42 Å². The van der Waals surface area contributed by atoms with E-state index in [1.54, 1.807) is 0 Å². The molecule has 0 heterocycles. The zero-order valence-electron chi connectivity index (χ0n) is 11.0. The van der Waals surface area contributed by atoms with Gasteiger partial charge in [0.15, 0.2) is 15.6 Å². The molecule has 6 heteroatoms. The van der Waals surface area contributed by atoms with Gasteiger partial charge >= 0.3 is 5.97 Å². The molecule has 0 radical (unpaired) electrons. The molecule has 0 amide bonds. The third-order valence-corrected chi connectivity index (χ3v) is 4.08. The van der Waals surface area contributed by atoms with Gasteiger partial charge in [0.1, 0.15) is 5.75 Å². The predicted molar refractivity (Wildman–Crippen MR) is 71.1 cm³/mol. The summed E-state index contributed by atoms with van der Waals surface area (Å²) in [6.45, 7) is 4.74. The molecule has 0 bridgehead atoms. The molecule has 0 fully saturated rings. The van der Waals surface area contributed by atoms with Crippen molar-refractivity contribution in [3.63, 3.8) is 0 Å². The largest absolute Gasteiger partial charge is 0.494 e. The normalized spacial score (nSPS) is 11.5. The molecule has 106 valence electrons. The molecule has 0 spiro atoms. The Labute approximate surface area is 113 Å². The first kappa shape index (κ1) is 15.5. The molecule has 0 unspecified atom stereocenters. The van der Waals surface area contributed by atoms with E-state index in [9.17, 15) is 13.2 Å². The first-order valence-corrected chi connectivity index (χ1v) is 7.64. The fourth-order valence-electron chi connectivity index (χ4n) is 1.40. The van der Waals surface area contributed by atoms with E-state index in [1.165, 1.54) is 24.3 Å². The van der Waals surface area contributed by atoms with Crippen LogP contribution in [0.5, 0.6) is 5.75 Å². The van der Waals surface area contributed by atoms with E-state index < -0.39 is 21.6 Å². The monoisotopic (exact) mass is 286 g/mol. The number of hydrogen-bond donors (Lipinski definition) is 1. The Morgan fingerprint density at radius 2 is 1.84 bits per heavy atom. The zero-order valence-corrected chi connectivity index (χ0v) is 11.8. The summed E-state index contributed by atoms with van der Waals surface area (Å²) >= 11 is 0. The van der Waals surface area contributed by atoms with Crippen LogP contribution in [0.3, 0.4) is 0 Å². The van der Waals surface area contributed by atoms with Crippen LogP contribution in [0.4, 0.5) is 0 Å². The smallest absolute Gasteiger partial charge is 0.319 e. The Morgan fingerprint density at radius 1 is 1.26 bits per heavy atom. The van der Waals surface area contributed by atoms with Gasteiger partial charge in [0, 0.05) is 0 Å². The molecule has 0 atom stereocenters. The number of carboxylic acids is 1. The molecule has 1 rings (SSSR count). The lowest BCUT2D eigenvalue weighted by Gasteiger charge is -2.08. The van der Waals surface area contributed by atoms with Crippen molar-refractivity contribution in [1.29, 1.82) is 0 Å². The van der Waals surface area contributed by atoms with Crippen LogP contribution in [-0.2, 0) is 14.6 Å². The zero-order chi connectivity index (χ0) is 14.5. The summed E-state index contributed by atoms with van der Waals surface area (Å²) in [4.78, 5) is 10.4. The summed E-state index contributed by atoms with van der Waals surface area (Å²) in [7, 11) is -3.77. The van der Waals surface area contributed by atoms with Crippen molar-refractivity contribution in [1.82, 2.24) is 0 Å². The highest BCUT2D eigenvalue weighted by molar-refractivity contribution is 7.92. The lowest BCUT2D eigenvalue weighted by atomic mass is 10.1. The van der Waals surface area contributed by atoms with E-state index >= 15 is 0 Å². The van der Waals surface area contributed by atoms with Gasteiger partial charge in [0.05, 0.1) is 11.5 Å². The van der Waals surface area contributed by atoms with Gasteiger partial charge in [0.2, 0.25) is 0 Å². The minimum atomic E-state index is -3.77. The van der Waals surface area contributed by atoms with Crippen molar-refractivity contribution in [3.05, 3.63) is 24.3 Å². The number of rotatable bonds is 7. The lowest BCUT2D eigenvalue weighted by Crippen LogP contribution is -2.15. The van der Waals surface area contributed by atoms with Gasteiger partial charge in [-0.1, -0.05) is 13.8 Å². The highest BCUT2D eigenvalue weighted by Crippen LogP contribution is 2.17. The van der Waals surface area contributed by atoms with E-state index in [2.05, 4.69) is 13.8 Å². The topological polar surface area (TPSA) is 80.7 Å². The van der Waals surface area contributed by atoms with E-state index in [-0.39, 0.29) is 4.90 Å². The lowest BCUT2D eigenvalue weighted by molar-refractivity contribution is -0.134. The first-order valence-electron chi connectivity index (χ1n) is 5.98. The van der Waals surface area contributed by atoms with Crippen LogP contribution in [0.25, 0.3) is 0 Å². The van der Waals surface area contributed by atoms with Gasteiger partial charge in [0.25, 0.3) is 0 Å². The molecule has 0 aliphatic heterocycles. The number of carboxylic acid groups (broad SMARTS) is 1. The van der Waals surface area contributed by atoms with Crippen molar-refractivity contribution in [2.24, 2.45) is 5.92 Å². The highest BCUT2D eigenvalue weighted by atomic mass is 32.2. The maximum Gasteiger partial charge on any atom is 0.319 e. The van der Waals surface area contributed by atoms with E-state index in [4.69, 9.17) is 9.84 Å². The van der Waals surface area contributed by atoms with Crippen LogP contribution < -0.4 is 4.74 Å². The van der Waals surface area contributed by atoms with Gasteiger partial charge in [-0.25, -0.2) is 8.42 Å². The van der Waals surface area contributed by atoms with Gasteiger partial charge in [-0.3, -0.25) is 4.79 Å². The summed E-state index contributed by atoms with van der Waals surface area (Å²) in [5.74, 6) is -1.15. The van der Waals surface area contributed by atoms with Crippen molar-refractivity contribution in [2.75, 3.05) is 12.4 Å². The van der Waals surface area contributed by atoms with Crippen LogP contribution in [0.2, 0.25) is 0 Å². The van der Waals surface area contributed by atoms with Gasteiger partial charge in [-0.05, 0) is 36.6 Å². The third kappa shape index (κ3) is 5.30. The molecule has 1 N–H and O–H groups in total. The Morgan fingerprint density at radius 3 is 2.32 bits per heavy atom.